The first-order chi connectivity index (χ1) is 7.34. The normalized spacial score (nSPS) is 19.1. The van der Waals surface area contributed by atoms with Crippen LogP contribution in [0.5, 0.6) is 0 Å². The number of ether oxygens (including phenoxy) is 1. The largest absolute Gasteiger partial charge is 0.366 e. The average Bonchev–Trinajstić information content (AvgIpc) is 2.95. The van der Waals surface area contributed by atoms with Crippen LogP contribution in [0.25, 0.3) is 5.69 Å². The summed E-state index contributed by atoms with van der Waals surface area (Å²) < 4.78 is 6.77. The summed E-state index contributed by atoms with van der Waals surface area (Å²) in [4.78, 5) is 4.32. The Morgan fingerprint density at radius 1 is 1.53 bits per heavy atom. The Morgan fingerprint density at radius 3 is 3.00 bits per heavy atom. The molecule has 0 aromatic carbocycles. The summed E-state index contributed by atoms with van der Waals surface area (Å²) >= 11 is 0. The van der Waals surface area contributed by atoms with Crippen LogP contribution in [0.15, 0.2) is 18.6 Å². The second kappa shape index (κ2) is 3.09. The smallest absolute Gasteiger partial charge is 0.143 e. The quantitative estimate of drug-likeness (QED) is 0.662. The van der Waals surface area contributed by atoms with E-state index in [1.807, 2.05) is 13.0 Å². The van der Waals surface area contributed by atoms with Crippen LogP contribution >= 0.6 is 0 Å². The lowest BCUT2D eigenvalue weighted by molar-refractivity contribution is 0.411. The summed E-state index contributed by atoms with van der Waals surface area (Å²) in [6.45, 7) is 2.78. The molecule has 0 spiro atoms. The molecule has 0 bridgehead atoms. The number of rotatable bonds is 2. The average molecular weight is 203 g/mol. The van der Waals surface area contributed by atoms with E-state index in [0.717, 1.165) is 23.6 Å². The number of hydrogen-bond acceptors (Lipinski definition) is 5. The van der Waals surface area contributed by atoms with Crippen LogP contribution in [0.2, 0.25) is 0 Å². The molecule has 1 aliphatic heterocycles. The van der Waals surface area contributed by atoms with Gasteiger partial charge in [0.05, 0.1) is 24.2 Å². The highest BCUT2D eigenvalue weighted by Crippen LogP contribution is 2.29. The summed E-state index contributed by atoms with van der Waals surface area (Å²) in [5.41, 5.74) is 2.96. The molecule has 0 amide bonds. The van der Waals surface area contributed by atoms with Gasteiger partial charge in [-0.15, -0.1) is 5.10 Å². The Balaban J connectivity index is 2.02. The minimum atomic E-state index is 0.187. The first-order valence-electron chi connectivity index (χ1n) is 4.66. The van der Waals surface area contributed by atoms with E-state index in [1.54, 1.807) is 17.2 Å². The third kappa shape index (κ3) is 1.48. The third-order valence-corrected chi connectivity index (χ3v) is 2.36. The summed E-state index contributed by atoms with van der Waals surface area (Å²) in [7, 11) is 0. The number of hydrogen-bond donors (Lipinski definition) is 0. The zero-order valence-corrected chi connectivity index (χ0v) is 8.16. The first kappa shape index (κ1) is 8.49. The first-order valence-corrected chi connectivity index (χ1v) is 4.66. The van der Waals surface area contributed by atoms with Gasteiger partial charge in [-0.3, -0.25) is 4.98 Å². The molecule has 0 aliphatic carbocycles. The topological polar surface area (TPSA) is 69.0 Å². The molecule has 3 heterocycles. The van der Waals surface area contributed by atoms with Gasteiger partial charge >= 0.3 is 0 Å². The van der Waals surface area contributed by atoms with Gasteiger partial charge in [0, 0.05) is 0 Å². The van der Waals surface area contributed by atoms with E-state index in [0.29, 0.717) is 0 Å². The fraction of sp³-hybridized carbons (Fsp3) is 0.333. The molecule has 1 fully saturated rings. The molecule has 6 heteroatoms. The van der Waals surface area contributed by atoms with Crippen molar-refractivity contribution in [1.29, 1.82) is 0 Å². The van der Waals surface area contributed by atoms with Gasteiger partial charge in [0.1, 0.15) is 12.4 Å². The van der Waals surface area contributed by atoms with Crippen molar-refractivity contribution in [2.75, 3.05) is 6.61 Å². The summed E-state index contributed by atoms with van der Waals surface area (Å²) in [5.74, 6) is 0. The SMILES string of the molecule is Cc1cc([C@H]2CO2)ncc1-n1cnnn1. The summed E-state index contributed by atoms with van der Waals surface area (Å²) in [6.07, 6.45) is 3.51. The van der Waals surface area contributed by atoms with Gasteiger partial charge < -0.3 is 4.74 Å². The van der Waals surface area contributed by atoms with E-state index in [-0.39, 0.29) is 6.10 Å². The van der Waals surface area contributed by atoms with E-state index in [9.17, 15) is 0 Å². The molecule has 0 unspecified atom stereocenters. The number of aryl methyl sites for hydroxylation is 1. The van der Waals surface area contributed by atoms with Crippen molar-refractivity contribution in [3.63, 3.8) is 0 Å². The monoisotopic (exact) mass is 203 g/mol. The maximum atomic E-state index is 5.17. The van der Waals surface area contributed by atoms with Crippen molar-refractivity contribution in [3.05, 3.63) is 29.8 Å². The number of nitrogens with zero attached hydrogens (tertiary/aromatic N) is 5. The number of pyridine rings is 1. The standard InChI is InChI=1S/C9H9N5O/c1-6-2-7(9-4-15-9)10-3-8(6)14-5-11-12-13-14/h2-3,5,9H,4H2,1H3/t9-/m1/s1. The van der Waals surface area contributed by atoms with Crippen LogP contribution in [0.3, 0.4) is 0 Å². The molecule has 1 aliphatic rings. The van der Waals surface area contributed by atoms with Crippen LogP contribution < -0.4 is 0 Å². The van der Waals surface area contributed by atoms with Crippen molar-refractivity contribution >= 4 is 0 Å². The Bertz CT molecular complexity index is 477. The van der Waals surface area contributed by atoms with Gasteiger partial charge in [-0.25, -0.2) is 0 Å². The number of epoxide rings is 1. The highest BCUT2D eigenvalue weighted by molar-refractivity contribution is 5.38. The zero-order valence-electron chi connectivity index (χ0n) is 8.16. The van der Waals surface area contributed by atoms with Crippen LogP contribution in [-0.4, -0.2) is 31.8 Å². The molecular weight excluding hydrogens is 194 g/mol. The highest BCUT2D eigenvalue weighted by atomic mass is 16.6. The Hall–Kier alpha value is -1.82. The van der Waals surface area contributed by atoms with Crippen molar-refractivity contribution in [1.82, 2.24) is 25.2 Å². The number of aromatic nitrogens is 5. The second-order valence-corrected chi connectivity index (χ2v) is 3.47. The van der Waals surface area contributed by atoms with Crippen molar-refractivity contribution in [2.24, 2.45) is 0 Å². The van der Waals surface area contributed by atoms with Crippen molar-refractivity contribution < 1.29 is 4.74 Å². The van der Waals surface area contributed by atoms with E-state index in [4.69, 9.17) is 4.74 Å². The van der Waals surface area contributed by atoms with E-state index in [2.05, 4.69) is 20.5 Å². The maximum Gasteiger partial charge on any atom is 0.143 e. The maximum absolute atomic E-state index is 5.17. The number of tetrazole rings is 1. The molecule has 6 nitrogen and oxygen atoms in total. The minimum Gasteiger partial charge on any atom is -0.366 e. The molecule has 3 rings (SSSR count). The third-order valence-electron chi connectivity index (χ3n) is 2.36. The highest BCUT2D eigenvalue weighted by Gasteiger charge is 2.26. The molecule has 2 aromatic heterocycles. The molecule has 76 valence electrons. The predicted octanol–water partition coefficient (Wildman–Crippen LogP) is 0.437. The van der Waals surface area contributed by atoms with Gasteiger partial charge in [0.2, 0.25) is 0 Å². The summed E-state index contributed by atoms with van der Waals surface area (Å²) in [6, 6.07) is 2.01. The molecule has 0 saturated carbocycles. The Labute approximate surface area is 85.9 Å². The van der Waals surface area contributed by atoms with Gasteiger partial charge in [0.25, 0.3) is 0 Å². The Morgan fingerprint density at radius 2 is 2.40 bits per heavy atom. The lowest BCUT2D eigenvalue weighted by Crippen LogP contribution is -2.00. The fourth-order valence-corrected chi connectivity index (χ4v) is 1.48. The zero-order chi connectivity index (χ0) is 10.3. The van der Waals surface area contributed by atoms with Gasteiger partial charge in [-0.05, 0) is 29.0 Å². The van der Waals surface area contributed by atoms with E-state index < -0.39 is 0 Å². The van der Waals surface area contributed by atoms with Crippen LogP contribution in [-0.2, 0) is 4.74 Å². The molecule has 0 N–H and O–H groups in total. The van der Waals surface area contributed by atoms with Gasteiger partial charge in [0.15, 0.2) is 0 Å². The predicted molar refractivity (Wildman–Crippen MR) is 50.4 cm³/mol. The molecule has 0 radical (unpaired) electrons. The van der Waals surface area contributed by atoms with Crippen molar-refractivity contribution in [2.45, 2.75) is 13.0 Å². The fourth-order valence-electron chi connectivity index (χ4n) is 1.48. The lowest BCUT2D eigenvalue weighted by Gasteiger charge is -2.04. The van der Waals surface area contributed by atoms with Crippen LogP contribution in [0.1, 0.15) is 17.4 Å². The Kier molecular flexibility index (Phi) is 1.75. The molecule has 2 aromatic rings. The van der Waals surface area contributed by atoms with Gasteiger partial charge in [-0.1, -0.05) is 0 Å². The van der Waals surface area contributed by atoms with E-state index >= 15 is 0 Å². The molecule has 1 saturated heterocycles. The van der Waals surface area contributed by atoms with Crippen molar-refractivity contribution in [3.8, 4) is 5.69 Å². The van der Waals surface area contributed by atoms with Gasteiger partial charge in [-0.2, -0.15) is 4.68 Å². The molecule has 1 atom stereocenters. The van der Waals surface area contributed by atoms with Crippen LogP contribution in [0.4, 0.5) is 0 Å². The lowest BCUT2D eigenvalue weighted by atomic mass is 10.2. The van der Waals surface area contributed by atoms with Crippen LogP contribution in [0, 0.1) is 6.92 Å². The minimum absolute atomic E-state index is 0.187. The molecule has 15 heavy (non-hydrogen) atoms. The molecular formula is C9H9N5O. The second-order valence-electron chi connectivity index (χ2n) is 3.47. The van der Waals surface area contributed by atoms with E-state index in [1.165, 1.54) is 0 Å². The summed E-state index contributed by atoms with van der Waals surface area (Å²) in [5, 5.41) is 11.0.